The first kappa shape index (κ1) is 20.1. The van der Waals surface area contributed by atoms with E-state index in [0.29, 0.717) is 31.1 Å². The normalized spacial score (nSPS) is 19.9. The van der Waals surface area contributed by atoms with Gasteiger partial charge in [0.15, 0.2) is 0 Å². The number of aldehydes is 1. The van der Waals surface area contributed by atoms with Gasteiger partial charge in [-0.2, -0.15) is 0 Å². The Morgan fingerprint density at radius 3 is 2.54 bits per heavy atom. The minimum atomic E-state index is -1.04. The molecule has 0 radical (unpaired) electrons. The molecule has 1 aromatic carbocycles. The molecule has 1 aromatic heterocycles. The third kappa shape index (κ3) is 4.10. The number of anilines is 1. The number of carbonyl (C=O) groups excluding carboxylic acids is 1. The van der Waals surface area contributed by atoms with Gasteiger partial charge in [0, 0.05) is 36.3 Å². The Balaban J connectivity index is 1.87. The molecular weight excluding hydrogens is 380 g/mol. The molecule has 0 spiro atoms. The number of amides is 1. The molecule has 7 nitrogen and oxygen atoms in total. The van der Waals surface area contributed by atoms with Crippen LogP contribution in [0.2, 0.25) is 5.02 Å². The molecule has 0 aliphatic carbocycles. The number of benzene rings is 1. The number of rotatable bonds is 5. The van der Waals surface area contributed by atoms with E-state index in [1.807, 2.05) is 41.3 Å². The summed E-state index contributed by atoms with van der Waals surface area (Å²) < 4.78 is 0. The Bertz CT molecular complexity index is 828. The average molecular weight is 403 g/mol. The topological polar surface area (TPSA) is 85.8 Å². The van der Waals surface area contributed by atoms with Crippen molar-refractivity contribution in [2.45, 2.75) is 18.5 Å². The number of carbonyl (C=O) groups is 2. The van der Waals surface area contributed by atoms with Crippen molar-refractivity contribution in [2.24, 2.45) is 0 Å². The molecule has 3 rings (SSSR count). The molecule has 0 saturated carbocycles. The summed E-state index contributed by atoms with van der Waals surface area (Å²) in [5.41, 5.74) is 0.998. The van der Waals surface area contributed by atoms with E-state index in [1.165, 1.54) is 4.90 Å². The van der Waals surface area contributed by atoms with E-state index in [2.05, 4.69) is 10.3 Å². The van der Waals surface area contributed by atoms with E-state index >= 15 is 0 Å². The van der Waals surface area contributed by atoms with Gasteiger partial charge in [-0.05, 0) is 43.3 Å². The summed E-state index contributed by atoms with van der Waals surface area (Å²) in [6.45, 7) is 1.34. The third-order valence-corrected chi connectivity index (χ3v) is 5.40. The predicted octanol–water partition coefficient (Wildman–Crippen LogP) is 3.10. The highest BCUT2D eigenvalue weighted by molar-refractivity contribution is 6.30. The highest BCUT2D eigenvalue weighted by atomic mass is 35.5. The van der Waals surface area contributed by atoms with Crippen molar-refractivity contribution < 1.29 is 14.7 Å². The van der Waals surface area contributed by atoms with Crippen molar-refractivity contribution in [3.05, 3.63) is 47.6 Å². The zero-order chi connectivity index (χ0) is 20.1. The van der Waals surface area contributed by atoms with Gasteiger partial charge in [-0.25, -0.2) is 9.78 Å². The molecule has 1 aliphatic heterocycles. The molecule has 1 aliphatic rings. The lowest BCUT2D eigenvalue weighted by atomic mass is 10.0. The molecule has 2 aromatic rings. The van der Waals surface area contributed by atoms with E-state index in [1.54, 1.807) is 13.2 Å². The number of carboxylic acid groups (broad SMARTS) is 1. The molecule has 1 fully saturated rings. The maximum Gasteiger partial charge on any atom is 0.408 e. The van der Waals surface area contributed by atoms with Crippen LogP contribution in [0.25, 0.3) is 11.1 Å². The molecule has 1 saturated heterocycles. The fraction of sp³-hybridized carbons (Fsp3) is 0.350. The molecule has 1 unspecified atom stereocenters. The van der Waals surface area contributed by atoms with Crippen molar-refractivity contribution in [2.75, 3.05) is 31.6 Å². The first-order chi connectivity index (χ1) is 13.5. The number of nitrogens with one attached hydrogen (secondary N) is 1. The van der Waals surface area contributed by atoms with Crippen LogP contribution in [0.3, 0.4) is 0 Å². The molecule has 8 heteroatoms. The van der Waals surface area contributed by atoms with Crippen LogP contribution < -0.4 is 10.2 Å². The van der Waals surface area contributed by atoms with Crippen LogP contribution in [0.5, 0.6) is 0 Å². The number of hydrogen-bond acceptors (Lipinski definition) is 5. The Labute approximate surface area is 168 Å². The van der Waals surface area contributed by atoms with Gasteiger partial charge in [0.1, 0.15) is 17.8 Å². The van der Waals surface area contributed by atoms with E-state index in [-0.39, 0.29) is 6.42 Å². The summed E-state index contributed by atoms with van der Waals surface area (Å²) in [5, 5.41) is 13.4. The maximum atomic E-state index is 11.8. The zero-order valence-electron chi connectivity index (χ0n) is 15.6. The lowest BCUT2D eigenvalue weighted by Crippen LogP contribution is -2.64. The number of nitrogens with zero attached hydrogens (tertiary/aromatic N) is 3. The van der Waals surface area contributed by atoms with Gasteiger partial charge in [-0.1, -0.05) is 23.7 Å². The Morgan fingerprint density at radius 2 is 1.96 bits per heavy atom. The van der Waals surface area contributed by atoms with Gasteiger partial charge in [-0.3, -0.25) is 10.2 Å². The van der Waals surface area contributed by atoms with E-state index in [0.717, 1.165) is 23.2 Å². The first-order valence-electron chi connectivity index (χ1n) is 9.09. The quantitative estimate of drug-likeness (QED) is 0.747. The Kier molecular flexibility index (Phi) is 6.16. The fourth-order valence-electron chi connectivity index (χ4n) is 3.60. The van der Waals surface area contributed by atoms with Crippen LogP contribution >= 0.6 is 11.6 Å². The summed E-state index contributed by atoms with van der Waals surface area (Å²) in [6.07, 6.45) is 2.22. The number of pyridine rings is 1. The van der Waals surface area contributed by atoms with Gasteiger partial charge in [-0.15, -0.1) is 0 Å². The second-order valence-electron chi connectivity index (χ2n) is 6.77. The lowest BCUT2D eigenvalue weighted by Gasteiger charge is -2.41. The number of halogens is 1. The third-order valence-electron chi connectivity index (χ3n) is 5.15. The minimum Gasteiger partial charge on any atom is -0.465 e. The summed E-state index contributed by atoms with van der Waals surface area (Å²) in [7, 11) is 1.68. The van der Waals surface area contributed by atoms with Crippen LogP contribution in [-0.4, -0.2) is 59.7 Å². The summed E-state index contributed by atoms with van der Waals surface area (Å²) >= 11 is 5.94. The fourth-order valence-corrected chi connectivity index (χ4v) is 3.73. The van der Waals surface area contributed by atoms with Gasteiger partial charge in [0.05, 0.1) is 6.54 Å². The van der Waals surface area contributed by atoms with Gasteiger partial charge >= 0.3 is 6.09 Å². The minimum absolute atomic E-state index is 0.0646. The van der Waals surface area contributed by atoms with Gasteiger partial charge in [0.25, 0.3) is 0 Å². The lowest BCUT2D eigenvalue weighted by molar-refractivity contribution is -0.110. The van der Waals surface area contributed by atoms with Crippen LogP contribution in [0.4, 0.5) is 10.6 Å². The van der Waals surface area contributed by atoms with Gasteiger partial charge < -0.3 is 14.8 Å². The first-order valence-corrected chi connectivity index (χ1v) is 9.47. The molecule has 2 N–H and O–H groups in total. The summed E-state index contributed by atoms with van der Waals surface area (Å²) in [6, 6.07) is 11.4. The number of aromatic nitrogens is 1. The predicted molar refractivity (Wildman–Crippen MR) is 109 cm³/mol. The molecule has 0 bridgehead atoms. The zero-order valence-corrected chi connectivity index (χ0v) is 16.4. The molecule has 148 valence electrons. The summed E-state index contributed by atoms with van der Waals surface area (Å²) in [5.74, 6) is 0.746. The Morgan fingerprint density at radius 1 is 1.25 bits per heavy atom. The van der Waals surface area contributed by atoms with Crippen molar-refractivity contribution in [1.29, 1.82) is 0 Å². The second-order valence-corrected chi connectivity index (χ2v) is 7.21. The van der Waals surface area contributed by atoms with Crippen molar-refractivity contribution in [3.63, 3.8) is 0 Å². The monoisotopic (exact) mass is 402 g/mol. The highest BCUT2D eigenvalue weighted by Gasteiger charge is 2.41. The van der Waals surface area contributed by atoms with E-state index < -0.39 is 11.8 Å². The van der Waals surface area contributed by atoms with Crippen molar-refractivity contribution >= 4 is 29.8 Å². The molecule has 1 amide bonds. The van der Waals surface area contributed by atoms with E-state index in [9.17, 15) is 14.7 Å². The van der Waals surface area contributed by atoms with Crippen molar-refractivity contribution in [3.8, 4) is 11.1 Å². The van der Waals surface area contributed by atoms with Crippen LogP contribution in [0.1, 0.15) is 12.8 Å². The maximum absolute atomic E-state index is 11.8. The SMILES string of the molecule is CNC1(CC=O)CN(c2ccc(-c3ccc(Cl)cc3)cn2)CCCN1C(=O)O. The largest absolute Gasteiger partial charge is 0.465 e. The standard InChI is InChI=1S/C20H23ClN4O3/c1-22-20(9-12-26)14-24(10-2-11-25(20)19(27)28)18-8-5-16(13-23-18)15-3-6-17(21)7-4-15/h3-8,12-13,22H,2,9-11,14H2,1H3,(H,27,28). The highest BCUT2D eigenvalue weighted by Crippen LogP contribution is 2.27. The number of likely N-dealkylation sites (N-methyl/N-ethyl adjacent to an activating group) is 1. The number of hydrogen-bond donors (Lipinski definition) is 2. The smallest absolute Gasteiger partial charge is 0.408 e. The molecular formula is C20H23ClN4O3. The van der Waals surface area contributed by atoms with Crippen molar-refractivity contribution in [1.82, 2.24) is 15.2 Å². The summed E-state index contributed by atoms with van der Waals surface area (Å²) in [4.78, 5) is 31.0. The average Bonchev–Trinajstić information content (AvgIpc) is 2.89. The molecule has 1 atom stereocenters. The molecule has 28 heavy (non-hydrogen) atoms. The Hall–Kier alpha value is -2.64. The van der Waals surface area contributed by atoms with E-state index in [4.69, 9.17) is 11.6 Å². The van der Waals surface area contributed by atoms with Crippen LogP contribution in [0.15, 0.2) is 42.6 Å². The van der Waals surface area contributed by atoms with Crippen LogP contribution in [-0.2, 0) is 4.79 Å². The van der Waals surface area contributed by atoms with Crippen LogP contribution in [0, 0.1) is 0 Å². The van der Waals surface area contributed by atoms with Gasteiger partial charge in [0.2, 0.25) is 0 Å². The second kappa shape index (κ2) is 8.58. The molecule has 2 heterocycles.